The third-order valence-electron chi connectivity index (χ3n) is 1.85. The Morgan fingerprint density at radius 2 is 2.15 bits per heavy atom. The topological polar surface area (TPSA) is 49.3 Å². The molecule has 0 aromatic carbocycles. The van der Waals surface area contributed by atoms with Gasteiger partial charge in [0, 0.05) is 0 Å². The summed E-state index contributed by atoms with van der Waals surface area (Å²) in [6.45, 7) is 0.0868. The van der Waals surface area contributed by atoms with Gasteiger partial charge in [-0.05, 0) is 25.3 Å². The summed E-state index contributed by atoms with van der Waals surface area (Å²) in [5.74, 6) is -3.52. The first-order chi connectivity index (χ1) is 5.99. The molecule has 0 saturated heterocycles. The van der Waals surface area contributed by atoms with E-state index in [-0.39, 0.29) is 0 Å². The van der Waals surface area contributed by atoms with Gasteiger partial charge in [0.15, 0.2) is 11.1 Å². The van der Waals surface area contributed by atoms with Gasteiger partial charge in [0.05, 0.1) is 6.54 Å². The van der Waals surface area contributed by atoms with Crippen molar-refractivity contribution in [3.63, 3.8) is 0 Å². The Labute approximate surface area is 78.2 Å². The summed E-state index contributed by atoms with van der Waals surface area (Å²) >= 11 is -2.42. The van der Waals surface area contributed by atoms with Gasteiger partial charge >= 0.3 is 0 Å². The molecule has 2 N–H and O–H groups in total. The number of halogens is 2. The van der Waals surface area contributed by atoms with Crippen LogP contribution in [-0.2, 0) is 11.1 Å². The lowest BCUT2D eigenvalue weighted by Gasteiger charge is -2.14. The van der Waals surface area contributed by atoms with Crippen molar-refractivity contribution in [1.29, 1.82) is 0 Å². The molecule has 0 spiro atoms. The average molecular weight is 213 g/mol. The van der Waals surface area contributed by atoms with Crippen molar-refractivity contribution in [1.82, 2.24) is 5.32 Å². The molecule has 0 aromatic heterocycles. The van der Waals surface area contributed by atoms with Gasteiger partial charge in [0.2, 0.25) is 0 Å². The van der Waals surface area contributed by atoms with Crippen LogP contribution in [-0.4, -0.2) is 33.5 Å². The Kier molecular flexibility index (Phi) is 3.75. The summed E-state index contributed by atoms with van der Waals surface area (Å²) in [7, 11) is 0. The highest BCUT2D eigenvalue weighted by molar-refractivity contribution is 7.79. The van der Waals surface area contributed by atoms with Gasteiger partial charge in [-0.15, -0.1) is 0 Å². The van der Waals surface area contributed by atoms with E-state index >= 15 is 0 Å². The fourth-order valence-electron chi connectivity index (χ4n) is 1.01. The lowest BCUT2D eigenvalue weighted by Crippen LogP contribution is -2.38. The molecule has 1 saturated carbocycles. The summed E-state index contributed by atoms with van der Waals surface area (Å²) in [6.07, 6.45) is 2.20. The summed E-state index contributed by atoms with van der Waals surface area (Å²) in [4.78, 5) is 0. The molecule has 0 aromatic rings. The number of nitrogens with one attached hydrogen (secondary N) is 1. The summed E-state index contributed by atoms with van der Waals surface area (Å²) in [5, 5.41) is 2.60. The Hall–Kier alpha value is -0.0700. The van der Waals surface area contributed by atoms with Crippen LogP contribution < -0.4 is 5.32 Å². The zero-order chi connectivity index (χ0) is 9.90. The van der Waals surface area contributed by atoms with E-state index < -0.39 is 29.3 Å². The quantitative estimate of drug-likeness (QED) is 0.643. The van der Waals surface area contributed by atoms with Crippen LogP contribution in [0.15, 0.2) is 0 Å². The Bertz CT molecular complexity index is 197. The number of rotatable bonds is 6. The molecule has 1 fully saturated rings. The summed E-state index contributed by atoms with van der Waals surface area (Å²) < 4.78 is 43.9. The molecule has 0 radical (unpaired) electrons. The van der Waals surface area contributed by atoms with Crippen LogP contribution in [0, 0.1) is 5.92 Å². The van der Waals surface area contributed by atoms with Gasteiger partial charge in [0.25, 0.3) is 5.92 Å². The largest absolute Gasteiger partial charge is 0.311 e. The number of hydrogen-bond donors (Lipinski definition) is 2. The second-order valence-electron chi connectivity index (χ2n) is 3.40. The van der Waals surface area contributed by atoms with Crippen molar-refractivity contribution in [2.45, 2.75) is 18.8 Å². The van der Waals surface area contributed by atoms with Gasteiger partial charge in [-0.3, -0.25) is 0 Å². The molecule has 6 heteroatoms. The van der Waals surface area contributed by atoms with E-state index in [0.29, 0.717) is 12.5 Å². The molecule has 0 heterocycles. The van der Waals surface area contributed by atoms with E-state index in [2.05, 4.69) is 5.32 Å². The zero-order valence-electron chi connectivity index (χ0n) is 7.13. The van der Waals surface area contributed by atoms with Crippen LogP contribution in [0.25, 0.3) is 0 Å². The maximum atomic E-state index is 12.7. The van der Waals surface area contributed by atoms with Crippen molar-refractivity contribution < 1.29 is 17.5 Å². The van der Waals surface area contributed by atoms with Gasteiger partial charge < -0.3 is 9.87 Å². The maximum absolute atomic E-state index is 12.7. The van der Waals surface area contributed by atoms with E-state index in [1.807, 2.05) is 0 Å². The minimum Gasteiger partial charge on any atom is -0.311 e. The van der Waals surface area contributed by atoms with Gasteiger partial charge in [0.1, 0.15) is 5.75 Å². The van der Waals surface area contributed by atoms with Crippen molar-refractivity contribution in [2.75, 3.05) is 18.8 Å². The van der Waals surface area contributed by atoms with E-state index in [9.17, 15) is 13.0 Å². The highest BCUT2D eigenvalue weighted by Crippen LogP contribution is 2.27. The van der Waals surface area contributed by atoms with Gasteiger partial charge in [-0.2, -0.15) is 0 Å². The third kappa shape index (κ3) is 5.28. The monoisotopic (exact) mass is 213 g/mol. The van der Waals surface area contributed by atoms with Gasteiger partial charge in [-0.1, -0.05) is 0 Å². The number of alkyl halides is 2. The van der Waals surface area contributed by atoms with Crippen LogP contribution in [0.3, 0.4) is 0 Å². The standard InChI is InChI=1S/C7H13F2NO2S/c8-7(9,5-13(11)12)4-10-3-6-1-2-6/h6,10H,1-5H2,(H,11,12). The van der Waals surface area contributed by atoms with Crippen LogP contribution in [0.1, 0.15) is 12.8 Å². The molecule has 78 valence electrons. The smallest absolute Gasteiger partial charge is 0.273 e. The van der Waals surface area contributed by atoms with Crippen molar-refractivity contribution in [3.05, 3.63) is 0 Å². The second-order valence-corrected chi connectivity index (χ2v) is 4.33. The molecule has 13 heavy (non-hydrogen) atoms. The normalized spacial score (nSPS) is 20.2. The number of hydrogen-bond acceptors (Lipinski definition) is 2. The molecule has 0 aliphatic heterocycles. The van der Waals surface area contributed by atoms with Crippen molar-refractivity contribution >= 4 is 11.1 Å². The highest BCUT2D eigenvalue weighted by atomic mass is 32.2. The fourth-order valence-corrected chi connectivity index (χ4v) is 1.48. The lowest BCUT2D eigenvalue weighted by molar-refractivity contribution is 0.0260. The van der Waals surface area contributed by atoms with Crippen LogP contribution in [0.4, 0.5) is 8.78 Å². The molecule has 1 rings (SSSR count). The summed E-state index contributed by atoms with van der Waals surface area (Å²) in [5.41, 5.74) is 0. The fraction of sp³-hybridized carbons (Fsp3) is 1.00. The average Bonchev–Trinajstić information content (AvgIpc) is 2.67. The van der Waals surface area contributed by atoms with Crippen LogP contribution >= 0.6 is 0 Å². The van der Waals surface area contributed by atoms with Crippen molar-refractivity contribution in [3.8, 4) is 0 Å². The molecule has 1 unspecified atom stereocenters. The first kappa shape index (κ1) is 11.0. The van der Waals surface area contributed by atoms with Crippen molar-refractivity contribution in [2.24, 2.45) is 5.92 Å². The zero-order valence-corrected chi connectivity index (χ0v) is 7.95. The predicted octanol–water partition coefficient (Wildman–Crippen LogP) is 0.843. The highest BCUT2D eigenvalue weighted by Gasteiger charge is 2.31. The minimum absolute atomic E-state index is 0.504. The predicted molar refractivity (Wildman–Crippen MR) is 46.2 cm³/mol. The Morgan fingerprint density at radius 3 is 2.62 bits per heavy atom. The molecule has 1 aliphatic carbocycles. The van der Waals surface area contributed by atoms with Gasteiger partial charge in [-0.25, -0.2) is 13.0 Å². The van der Waals surface area contributed by atoms with E-state index in [1.54, 1.807) is 0 Å². The second kappa shape index (κ2) is 4.43. The molecular weight excluding hydrogens is 200 g/mol. The molecule has 0 bridgehead atoms. The van der Waals surface area contributed by atoms with Crippen LogP contribution in [0.2, 0.25) is 0 Å². The lowest BCUT2D eigenvalue weighted by atomic mass is 10.3. The molecular formula is C7H13F2NO2S. The first-order valence-corrected chi connectivity index (χ1v) is 5.43. The molecule has 1 aliphatic rings. The minimum atomic E-state index is -3.07. The van der Waals surface area contributed by atoms with E-state index in [1.165, 1.54) is 0 Å². The summed E-state index contributed by atoms with van der Waals surface area (Å²) in [6, 6.07) is 0. The Balaban J connectivity index is 2.11. The maximum Gasteiger partial charge on any atom is 0.273 e. The molecule has 0 amide bonds. The van der Waals surface area contributed by atoms with E-state index in [4.69, 9.17) is 4.55 Å². The molecule has 1 atom stereocenters. The van der Waals surface area contributed by atoms with Crippen LogP contribution in [0.5, 0.6) is 0 Å². The Morgan fingerprint density at radius 1 is 1.54 bits per heavy atom. The first-order valence-electron chi connectivity index (χ1n) is 4.15. The van der Waals surface area contributed by atoms with E-state index in [0.717, 1.165) is 12.8 Å². The SMILES string of the molecule is O=S(O)CC(F)(F)CNCC1CC1. The third-order valence-corrected chi connectivity index (χ3v) is 2.52. The molecule has 3 nitrogen and oxygen atoms in total.